The van der Waals surface area contributed by atoms with Crippen LogP contribution in [-0.2, 0) is 9.53 Å². The molecule has 0 N–H and O–H groups in total. The van der Waals surface area contributed by atoms with E-state index in [2.05, 4.69) is 17.0 Å². The number of carbonyl (C=O) groups is 1. The number of aromatic nitrogens is 2. The zero-order chi connectivity index (χ0) is 21.8. The molecule has 4 rings (SSSR count). The van der Waals surface area contributed by atoms with Gasteiger partial charge in [0.25, 0.3) is 0 Å². The van der Waals surface area contributed by atoms with E-state index in [0.29, 0.717) is 12.3 Å². The van der Waals surface area contributed by atoms with Gasteiger partial charge in [-0.05, 0) is 55.5 Å². The highest BCUT2D eigenvalue weighted by Gasteiger charge is 2.22. The molecule has 1 aromatic heterocycles. The maximum absolute atomic E-state index is 13.0. The average Bonchev–Trinajstić information content (AvgIpc) is 3.21. The molecule has 1 saturated heterocycles. The molecule has 0 radical (unpaired) electrons. The molecule has 6 heteroatoms. The minimum absolute atomic E-state index is 0.0273. The minimum atomic E-state index is -0.123. The highest BCUT2D eigenvalue weighted by atomic mass is 16.5. The van der Waals surface area contributed by atoms with Crippen LogP contribution in [0.3, 0.4) is 0 Å². The Kier molecular flexibility index (Phi) is 6.26. The molecule has 0 spiro atoms. The van der Waals surface area contributed by atoms with Crippen molar-refractivity contribution in [2.24, 2.45) is 5.92 Å². The fourth-order valence-corrected chi connectivity index (χ4v) is 4.31. The zero-order valence-electron chi connectivity index (χ0n) is 18.1. The third-order valence-electron chi connectivity index (χ3n) is 6.29. The summed E-state index contributed by atoms with van der Waals surface area (Å²) >= 11 is 0. The summed E-state index contributed by atoms with van der Waals surface area (Å²) in [7, 11) is 1.45. The van der Waals surface area contributed by atoms with Crippen LogP contribution in [0.15, 0.2) is 71.8 Å². The Balaban J connectivity index is 1.44. The van der Waals surface area contributed by atoms with Gasteiger partial charge >= 0.3 is 11.7 Å². The lowest BCUT2D eigenvalue weighted by atomic mass is 9.93. The number of esters is 1. The number of piperidine rings is 1. The van der Waals surface area contributed by atoms with Crippen molar-refractivity contribution in [3.05, 3.63) is 83.0 Å². The highest BCUT2D eigenvalue weighted by Crippen LogP contribution is 2.26. The number of ether oxygens (including phenoxy) is 1. The van der Waals surface area contributed by atoms with E-state index in [9.17, 15) is 9.59 Å². The number of imidazole rings is 1. The van der Waals surface area contributed by atoms with Gasteiger partial charge < -0.3 is 9.64 Å². The number of anilines is 1. The van der Waals surface area contributed by atoms with Crippen LogP contribution in [-0.4, -0.2) is 35.3 Å². The summed E-state index contributed by atoms with van der Waals surface area (Å²) in [4.78, 5) is 26.8. The van der Waals surface area contributed by atoms with Crippen molar-refractivity contribution in [3.63, 3.8) is 0 Å². The van der Waals surface area contributed by atoms with Crippen molar-refractivity contribution in [2.45, 2.75) is 32.2 Å². The van der Waals surface area contributed by atoms with Gasteiger partial charge in [-0.25, -0.2) is 4.79 Å². The van der Waals surface area contributed by atoms with Crippen molar-refractivity contribution < 1.29 is 9.53 Å². The van der Waals surface area contributed by atoms with Crippen LogP contribution >= 0.6 is 0 Å². The maximum Gasteiger partial charge on any atom is 0.333 e. The van der Waals surface area contributed by atoms with Crippen molar-refractivity contribution >= 4 is 11.7 Å². The molecule has 0 saturated carbocycles. The van der Waals surface area contributed by atoms with Crippen molar-refractivity contribution in [1.82, 2.24) is 9.13 Å². The predicted octanol–water partition coefficient (Wildman–Crippen LogP) is 4.03. The molecular weight excluding hydrogens is 390 g/mol. The third kappa shape index (κ3) is 4.58. The molecule has 1 atom stereocenters. The number of benzene rings is 2. The Morgan fingerprint density at radius 1 is 1.00 bits per heavy atom. The van der Waals surface area contributed by atoms with Crippen LogP contribution in [0, 0.1) is 5.92 Å². The van der Waals surface area contributed by atoms with Gasteiger partial charge in [-0.1, -0.05) is 30.3 Å². The lowest BCUT2D eigenvalue weighted by molar-refractivity contribution is -0.141. The molecular formula is C25H29N3O3. The quantitative estimate of drug-likeness (QED) is 0.566. The summed E-state index contributed by atoms with van der Waals surface area (Å²) in [6.45, 7) is 3.88. The normalized spacial score (nSPS) is 15.6. The van der Waals surface area contributed by atoms with E-state index in [0.717, 1.165) is 42.9 Å². The first kappa shape index (κ1) is 21.0. The van der Waals surface area contributed by atoms with Gasteiger partial charge in [0.1, 0.15) is 0 Å². The van der Waals surface area contributed by atoms with E-state index in [1.165, 1.54) is 7.11 Å². The predicted molar refractivity (Wildman–Crippen MR) is 122 cm³/mol. The topological polar surface area (TPSA) is 56.5 Å². The first-order valence-electron chi connectivity index (χ1n) is 10.8. The van der Waals surface area contributed by atoms with Crippen LogP contribution in [0.2, 0.25) is 0 Å². The number of hydrogen-bond acceptors (Lipinski definition) is 4. The fraction of sp³-hybridized carbons (Fsp3) is 0.360. The number of carbonyl (C=O) groups excluding carboxylic acids is 1. The van der Waals surface area contributed by atoms with Gasteiger partial charge in [0.2, 0.25) is 0 Å². The molecule has 1 aliphatic heterocycles. The molecule has 2 aromatic carbocycles. The molecule has 0 aliphatic carbocycles. The Labute approximate surface area is 182 Å². The largest absolute Gasteiger partial charge is 0.469 e. The first-order chi connectivity index (χ1) is 15.1. The summed E-state index contributed by atoms with van der Waals surface area (Å²) in [5, 5.41) is 0. The standard InChI is InChI=1S/C25H29N3O3/c1-19(21-6-4-3-5-7-21)27-16-17-28(25(27)30)23-10-8-22(9-11-23)26-14-12-20(13-15-26)18-24(29)31-2/h3-11,16-17,19-20H,12-15,18H2,1-2H3. The van der Waals surface area contributed by atoms with E-state index in [1.54, 1.807) is 9.13 Å². The minimum Gasteiger partial charge on any atom is -0.469 e. The molecule has 6 nitrogen and oxygen atoms in total. The van der Waals surface area contributed by atoms with E-state index >= 15 is 0 Å². The average molecular weight is 420 g/mol. The SMILES string of the molecule is COC(=O)CC1CCN(c2ccc(-n3ccn(C(C)c4ccccc4)c3=O)cc2)CC1. The molecule has 1 fully saturated rings. The Hall–Kier alpha value is -3.28. The van der Waals surface area contributed by atoms with Crippen LogP contribution in [0.1, 0.15) is 37.8 Å². The van der Waals surface area contributed by atoms with E-state index < -0.39 is 0 Å². The van der Waals surface area contributed by atoms with Crippen molar-refractivity contribution in [3.8, 4) is 5.69 Å². The summed E-state index contributed by atoms with van der Waals surface area (Å²) < 4.78 is 8.23. The Bertz CT molecular complexity index is 1060. The van der Waals surface area contributed by atoms with E-state index in [-0.39, 0.29) is 17.7 Å². The van der Waals surface area contributed by atoms with Gasteiger partial charge in [0.15, 0.2) is 0 Å². The van der Waals surface area contributed by atoms with E-state index in [1.807, 2.05) is 61.8 Å². The van der Waals surface area contributed by atoms with Crippen LogP contribution in [0.5, 0.6) is 0 Å². The number of nitrogens with zero attached hydrogens (tertiary/aromatic N) is 3. The van der Waals surface area contributed by atoms with Crippen LogP contribution in [0.4, 0.5) is 5.69 Å². The molecule has 0 bridgehead atoms. The zero-order valence-corrected chi connectivity index (χ0v) is 18.1. The van der Waals surface area contributed by atoms with Gasteiger partial charge in [0.05, 0.1) is 18.8 Å². The molecule has 1 aliphatic rings. The first-order valence-corrected chi connectivity index (χ1v) is 10.8. The number of methoxy groups -OCH3 is 1. The number of hydrogen-bond donors (Lipinski definition) is 0. The monoisotopic (exact) mass is 419 g/mol. The van der Waals surface area contributed by atoms with Crippen LogP contribution < -0.4 is 10.6 Å². The molecule has 31 heavy (non-hydrogen) atoms. The summed E-state index contributed by atoms with van der Waals surface area (Å²) in [5.74, 6) is 0.273. The summed E-state index contributed by atoms with van der Waals surface area (Å²) in [6, 6.07) is 18.1. The molecule has 2 heterocycles. The van der Waals surface area contributed by atoms with Gasteiger partial charge in [-0.15, -0.1) is 0 Å². The van der Waals surface area contributed by atoms with Gasteiger partial charge in [-0.2, -0.15) is 0 Å². The van der Waals surface area contributed by atoms with E-state index in [4.69, 9.17) is 4.74 Å². The summed E-state index contributed by atoms with van der Waals surface area (Å²) in [5.41, 5.74) is 3.06. The van der Waals surface area contributed by atoms with Crippen molar-refractivity contribution in [2.75, 3.05) is 25.1 Å². The van der Waals surface area contributed by atoms with Crippen LogP contribution in [0.25, 0.3) is 5.69 Å². The smallest absolute Gasteiger partial charge is 0.333 e. The second kappa shape index (κ2) is 9.25. The van der Waals surface area contributed by atoms with Crippen molar-refractivity contribution in [1.29, 1.82) is 0 Å². The molecule has 1 unspecified atom stereocenters. The molecule has 162 valence electrons. The lowest BCUT2D eigenvalue weighted by Crippen LogP contribution is -2.34. The molecule has 3 aromatic rings. The van der Waals surface area contributed by atoms with Gasteiger partial charge in [-0.3, -0.25) is 13.9 Å². The van der Waals surface area contributed by atoms with Gasteiger partial charge in [0, 0.05) is 37.6 Å². The fourth-order valence-electron chi connectivity index (χ4n) is 4.31. The highest BCUT2D eigenvalue weighted by molar-refractivity contribution is 5.69. The Morgan fingerprint density at radius 3 is 2.29 bits per heavy atom. The Morgan fingerprint density at radius 2 is 1.65 bits per heavy atom. The maximum atomic E-state index is 13.0. The molecule has 0 amide bonds. The second-order valence-corrected chi connectivity index (χ2v) is 8.17. The summed E-state index contributed by atoms with van der Waals surface area (Å²) in [6.07, 6.45) is 6.15. The second-order valence-electron chi connectivity index (χ2n) is 8.17. The third-order valence-corrected chi connectivity index (χ3v) is 6.29. The number of rotatable bonds is 6. The lowest BCUT2D eigenvalue weighted by Gasteiger charge is -2.33.